The molecule has 7 nitrogen and oxygen atoms in total. The number of nitrogens with zero attached hydrogens (tertiary/aromatic N) is 3. The van der Waals surface area contributed by atoms with Crippen LogP contribution in [-0.4, -0.2) is 26.6 Å². The van der Waals surface area contributed by atoms with Crippen LogP contribution in [0, 0.1) is 0 Å². The van der Waals surface area contributed by atoms with E-state index in [0.29, 0.717) is 30.9 Å². The third kappa shape index (κ3) is 3.88. The van der Waals surface area contributed by atoms with Crippen molar-refractivity contribution in [3.8, 4) is 0 Å². The normalized spacial score (nSPS) is 12.5. The van der Waals surface area contributed by atoms with Crippen LogP contribution in [0.5, 0.6) is 0 Å². The molecule has 0 fully saturated rings. The zero-order chi connectivity index (χ0) is 19.5. The summed E-state index contributed by atoms with van der Waals surface area (Å²) in [7, 11) is 1.83. The van der Waals surface area contributed by atoms with Crippen LogP contribution in [0.2, 0.25) is 0 Å². The van der Waals surface area contributed by atoms with Crippen LogP contribution in [0.4, 0.5) is 10.5 Å². The zero-order valence-corrected chi connectivity index (χ0v) is 15.6. The van der Waals surface area contributed by atoms with Gasteiger partial charge in [0, 0.05) is 49.7 Å². The zero-order valence-electron chi connectivity index (χ0n) is 15.6. The summed E-state index contributed by atoms with van der Waals surface area (Å²) in [5.74, 6) is -0.170. The maximum absolute atomic E-state index is 12.5. The first-order chi connectivity index (χ1) is 13.6. The lowest BCUT2D eigenvalue weighted by Gasteiger charge is -2.16. The molecule has 0 bridgehead atoms. The second kappa shape index (κ2) is 7.56. The van der Waals surface area contributed by atoms with Gasteiger partial charge in [-0.2, -0.15) is 5.10 Å². The number of carbonyl (C=O) groups excluding carboxylic acids is 2. The third-order valence-electron chi connectivity index (χ3n) is 4.74. The highest BCUT2D eigenvalue weighted by Gasteiger charge is 2.22. The highest BCUT2D eigenvalue weighted by molar-refractivity contribution is 5.95. The Kier molecular flexibility index (Phi) is 4.80. The summed E-state index contributed by atoms with van der Waals surface area (Å²) in [5, 5.41) is 9.82. The molecule has 28 heavy (non-hydrogen) atoms. The topological polar surface area (TPSA) is 79.3 Å². The number of benzene rings is 2. The lowest BCUT2D eigenvalue weighted by Crippen LogP contribution is -2.30. The summed E-state index contributed by atoms with van der Waals surface area (Å²) >= 11 is 0. The predicted molar refractivity (Wildman–Crippen MR) is 106 cm³/mol. The minimum atomic E-state index is -0.170. The Balaban J connectivity index is 1.32. The fraction of sp³-hybridized carbons (Fsp3) is 0.190. The van der Waals surface area contributed by atoms with E-state index in [1.807, 2.05) is 37.5 Å². The highest BCUT2D eigenvalue weighted by atomic mass is 16.2. The molecule has 1 aliphatic rings. The lowest BCUT2D eigenvalue weighted by atomic mass is 10.1. The Morgan fingerprint density at radius 3 is 2.32 bits per heavy atom. The standard InChI is InChI=1S/C21H21N5O2/c1-25-12-15(11-23-25)10-22-20(27)16-6-8-19(9-7-16)24-21(28)26-13-17-4-2-3-5-18(17)14-26/h2-9,11-12H,10,13-14H2,1H3,(H,22,27)(H,24,28). The fourth-order valence-electron chi connectivity index (χ4n) is 3.23. The molecule has 2 N–H and O–H groups in total. The van der Waals surface area contributed by atoms with Gasteiger partial charge in [0.2, 0.25) is 0 Å². The first kappa shape index (κ1) is 17.8. The quantitative estimate of drug-likeness (QED) is 0.736. The van der Waals surface area contributed by atoms with Gasteiger partial charge >= 0.3 is 6.03 Å². The molecule has 0 aliphatic carbocycles. The van der Waals surface area contributed by atoms with Crippen molar-refractivity contribution < 1.29 is 9.59 Å². The number of amides is 3. The van der Waals surface area contributed by atoms with E-state index in [1.165, 1.54) is 11.1 Å². The van der Waals surface area contributed by atoms with Crippen LogP contribution in [0.15, 0.2) is 60.9 Å². The average Bonchev–Trinajstić information content (AvgIpc) is 3.32. The molecule has 0 atom stereocenters. The largest absolute Gasteiger partial charge is 0.348 e. The molecule has 3 aromatic rings. The van der Waals surface area contributed by atoms with Crippen LogP contribution in [0.1, 0.15) is 27.0 Å². The summed E-state index contributed by atoms with van der Waals surface area (Å²) in [5.41, 5.74) is 4.49. The van der Waals surface area contributed by atoms with E-state index >= 15 is 0 Å². The second-order valence-corrected chi connectivity index (χ2v) is 6.84. The van der Waals surface area contributed by atoms with Gasteiger partial charge in [-0.1, -0.05) is 24.3 Å². The minimum Gasteiger partial charge on any atom is -0.348 e. The molecule has 7 heteroatoms. The van der Waals surface area contributed by atoms with Crippen molar-refractivity contribution in [3.63, 3.8) is 0 Å². The molecule has 0 saturated heterocycles. The molecule has 1 aliphatic heterocycles. The molecule has 3 amide bonds. The molecule has 4 rings (SSSR count). The fourth-order valence-corrected chi connectivity index (χ4v) is 3.23. The van der Waals surface area contributed by atoms with Gasteiger partial charge in [-0.3, -0.25) is 9.48 Å². The van der Waals surface area contributed by atoms with E-state index in [4.69, 9.17) is 0 Å². The summed E-state index contributed by atoms with van der Waals surface area (Å²) in [4.78, 5) is 26.5. The number of nitrogens with one attached hydrogen (secondary N) is 2. The summed E-state index contributed by atoms with van der Waals surface area (Å²) in [6, 6.07) is 14.8. The molecule has 0 radical (unpaired) electrons. The smallest absolute Gasteiger partial charge is 0.322 e. The number of fused-ring (bicyclic) bond motifs is 1. The Bertz CT molecular complexity index is 985. The summed E-state index contributed by atoms with van der Waals surface area (Å²) in [6.07, 6.45) is 3.57. The number of hydrogen-bond acceptors (Lipinski definition) is 3. The van der Waals surface area contributed by atoms with Crippen LogP contribution < -0.4 is 10.6 Å². The molecule has 0 unspecified atom stereocenters. The monoisotopic (exact) mass is 375 g/mol. The van der Waals surface area contributed by atoms with Gasteiger partial charge in [-0.15, -0.1) is 0 Å². The number of aromatic nitrogens is 2. The number of hydrogen-bond donors (Lipinski definition) is 2. The van der Waals surface area contributed by atoms with Crippen LogP contribution in [-0.2, 0) is 26.7 Å². The van der Waals surface area contributed by atoms with Crippen molar-refractivity contribution >= 4 is 17.6 Å². The Morgan fingerprint density at radius 1 is 1.04 bits per heavy atom. The molecule has 0 saturated carbocycles. The first-order valence-electron chi connectivity index (χ1n) is 9.07. The summed E-state index contributed by atoms with van der Waals surface area (Å²) in [6.45, 7) is 1.63. The van der Waals surface area contributed by atoms with Crippen molar-refractivity contribution in [2.24, 2.45) is 7.05 Å². The molecule has 142 valence electrons. The van der Waals surface area contributed by atoms with Crippen molar-refractivity contribution in [2.75, 3.05) is 5.32 Å². The van der Waals surface area contributed by atoms with Crippen LogP contribution in [0.3, 0.4) is 0 Å². The predicted octanol–water partition coefficient (Wildman–Crippen LogP) is 2.90. The SMILES string of the molecule is Cn1cc(CNC(=O)c2ccc(NC(=O)N3Cc4ccccc4C3)cc2)cn1. The van der Waals surface area contributed by atoms with Gasteiger partial charge in [0.25, 0.3) is 5.91 Å². The molecular formula is C21H21N5O2. The maximum Gasteiger partial charge on any atom is 0.322 e. The van der Waals surface area contributed by atoms with Crippen LogP contribution >= 0.6 is 0 Å². The lowest BCUT2D eigenvalue weighted by molar-refractivity contribution is 0.0951. The van der Waals surface area contributed by atoms with Gasteiger partial charge in [0.15, 0.2) is 0 Å². The average molecular weight is 375 g/mol. The minimum absolute atomic E-state index is 0.148. The van der Waals surface area contributed by atoms with Crippen molar-refractivity contribution in [2.45, 2.75) is 19.6 Å². The summed E-state index contributed by atoms with van der Waals surface area (Å²) < 4.78 is 1.69. The Morgan fingerprint density at radius 2 is 1.71 bits per heavy atom. The van der Waals surface area contributed by atoms with Crippen molar-refractivity contribution in [1.29, 1.82) is 0 Å². The first-order valence-corrected chi connectivity index (χ1v) is 9.07. The van der Waals surface area contributed by atoms with Gasteiger partial charge in [-0.25, -0.2) is 4.79 Å². The molecule has 0 spiro atoms. The van der Waals surface area contributed by atoms with Crippen molar-refractivity contribution in [3.05, 3.63) is 83.2 Å². The van der Waals surface area contributed by atoms with E-state index in [0.717, 1.165) is 5.56 Å². The molecule has 2 aromatic carbocycles. The van der Waals surface area contributed by atoms with Gasteiger partial charge in [0.05, 0.1) is 6.20 Å². The number of anilines is 1. The van der Waals surface area contributed by atoms with Gasteiger partial charge in [0.1, 0.15) is 0 Å². The van der Waals surface area contributed by atoms with E-state index in [9.17, 15) is 9.59 Å². The maximum atomic E-state index is 12.5. The van der Waals surface area contributed by atoms with E-state index in [-0.39, 0.29) is 11.9 Å². The number of carbonyl (C=O) groups is 2. The number of rotatable bonds is 4. The van der Waals surface area contributed by atoms with E-state index in [2.05, 4.69) is 15.7 Å². The van der Waals surface area contributed by atoms with Gasteiger partial charge < -0.3 is 15.5 Å². The molecular weight excluding hydrogens is 354 g/mol. The van der Waals surface area contributed by atoms with E-state index < -0.39 is 0 Å². The number of aryl methyl sites for hydroxylation is 1. The Hall–Kier alpha value is -3.61. The molecule has 1 aromatic heterocycles. The second-order valence-electron chi connectivity index (χ2n) is 6.84. The third-order valence-corrected chi connectivity index (χ3v) is 4.74. The Labute approximate surface area is 163 Å². The van der Waals surface area contributed by atoms with Gasteiger partial charge in [-0.05, 0) is 35.4 Å². The van der Waals surface area contributed by atoms with Crippen LogP contribution in [0.25, 0.3) is 0 Å². The van der Waals surface area contributed by atoms with Crippen molar-refractivity contribution in [1.82, 2.24) is 20.0 Å². The highest BCUT2D eigenvalue weighted by Crippen LogP contribution is 2.23. The number of urea groups is 1. The van der Waals surface area contributed by atoms with E-state index in [1.54, 1.807) is 40.0 Å². The molecule has 2 heterocycles.